The van der Waals surface area contributed by atoms with Crippen molar-refractivity contribution in [3.05, 3.63) is 30.9 Å². The zero-order valence-corrected chi connectivity index (χ0v) is 13.1. The van der Waals surface area contributed by atoms with Gasteiger partial charge in [-0.05, 0) is 31.7 Å². The molecule has 7 nitrogen and oxygen atoms in total. The van der Waals surface area contributed by atoms with Gasteiger partial charge in [-0.2, -0.15) is 10.2 Å². The van der Waals surface area contributed by atoms with E-state index in [2.05, 4.69) is 15.5 Å². The summed E-state index contributed by atoms with van der Waals surface area (Å²) in [6.07, 6.45) is 11.0. The lowest BCUT2D eigenvalue weighted by molar-refractivity contribution is 0.126. The standard InChI is InChI=1S/C16H20N6O/c1-21-10-11(8-17-21)14-9-18-22-7-6-15(20-16(14)22)19-12-2-4-13(23)5-3-12/h6-10,12-13,23H,2-5H2,1H3,(H,19,20). The Morgan fingerprint density at radius 3 is 2.74 bits per heavy atom. The van der Waals surface area contributed by atoms with Crippen molar-refractivity contribution in [3.8, 4) is 11.1 Å². The van der Waals surface area contributed by atoms with E-state index < -0.39 is 0 Å². The average Bonchev–Trinajstić information content (AvgIpc) is 3.15. The lowest BCUT2D eigenvalue weighted by Gasteiger charge is -2.26. The molecule has 0 bridgehead atoms. The molecule has 23 heavy (non-hydrogen) atoms. The number of aryl methyl sites for hydroxylation is 1. The largest absolute Gasteiger partial charge is 0.393 e. The molecule has 3 aromatic heterocycles. The van der Waals surface area contributed by atoms with Crippen molar-refractivity contribution >= 4 is 11.5 Å². The number of aliphatic hydroxyl groups is 1. The van der Waals surface area contributed by atoms with Gasteiger partial charge in [0.05, 0.1) is 18.5 Å². The van der Waals surface area contributed by atoms with Crippen molar-refractivity contribution in [2.24, 2.45) is 7.05 Å². The molecule has 0 spiro atoms. The Labute approximate surface area is 134 Å². The van der Waals surface area contributed by atoms with E-state index in [0.29, 0.717) is 6.04 Å². The van der Waals surface area contributed by atoms with Crippen molar-refractivity contribution < 1.29 is 5.11 Å². The predicted octanol–water partition coefficient (Wildman–Crippen LogP) is 1.85. The third kappa shape index (κ3) is 2.79. The van der Waals surface area contributed by atoms with E-state index in [9.17, 15) is 5.11 Å². The highest BCUT2D eigenvalue weighted by Gasteiger charge is 2.19. The fraction of sp³-hybridized carbons (Fsp3) is 0.438. The van der Waals surface area contributed by atoms with Crippen LogP contribution in [0.4, 0.5) is 5.82 Å². The minimum atomic E-state index is -0.143. The number of anilines is 1. The van der Waals surface area contributed by atoms with Gasteiger partial charge in [-0.15, -0.1) is 0 Å². The van der Waals surface area contributed by atoms with Gasteiger partial charge in [0.2, 0.25) is 0 Å². The van der Waals surface area contributed by atoms with E-state index in [1.807, 2.05) is 37.9 Å². The van der Waals surface area contributed by atoms with Gasteiger partial charge in [-0.3, -0.25) is 4.68 Å². The lowest BCUT2D eigenvalue weighted by Crippen LogP contribution is -2.28. The van der Waals surface area contributed by atoms with Crippen LogP contribution in [0.5, 0.6) is 0 Å². The van der Waals surface area contributed by atoms with Crippen molar-refractivity contribution in [2.75, 3.05) is 5.32 Å². The van der Waals surface area contributed by atoms with Crippen molar-refractivity contribution in [1.29, 1.82) is 0 Å². The molecule has 0 radical (unpaired) electrons. The highest BCUT2D eigenvalue weighted by Crippen LogP contribution is 2.25. The first-order valence-electron chi connectivity index (χ1n) is 7.97. The second-order valence-electron chi connectivity index (χ2n) is 6.19. The predicted molar refractivity (Wildman–Crippen MR) is 87.1 cm³/mol. The summed E-state index contributed by atoms with van der Waals surface area (Å²) in [6, 6.07) is 2.32. The summed E-state index contributed by atoms with van der Waals surface area (Å²) in [4.78, 5) is 4.72. The minimum absolute atomic E-state index is 0.143. The van der Waals surface area contributed by atoms with Gasteiger partial charge >= 0.3 is 0 Å². The van der Waals surface area contributed by atoms with Gasteiger partial charge in [0, 0.05) is 36.6 Å². The van der Waals surface area contributed by atoms with Crippen LogP contribution in [0.2, 0.25) is 0 Å². The zero-order valence-electron chi connectivity index (χ0n) is 13.1. The van der Waals surface area contributed by atoms with Crippen molar-refractivity contribution in [2.45, 2.75) is 37.8 Å². The molecular weight excluding hydrogens is 292 g/mol. The summed E-state index contributed by atoms with van der Waals surface area (Å²) in [7, 11) is 1.90. The Kier molecular flexibility index (Phi) is 3.49. The Balaban J connectivity index is 1.62. The molecule has 1 aliphatic carbocycles. The molecule has 3 heterocycles. The van der Waals surface area contributed by atoms with Gasteiger partial charge < -0.3 is 10.4 Å². The van der Waals surface area contributed by atoms with Crippen LogP contribution in [0.1, 0.15) is 25.7 Å². The summed E-state index contributed by atoms with van der Waals surface area (Å²) in [5, 5.41) is 21.7. The van der Waals surface area contributed by atoms with Crippen molar-refractivity contribution in [3.63, 3.8) is 0 Å². The normalized spacial score (nSPS) is 21.7. The summed E-state index contributed by atoms with van der Waals surface area (Å²) in [5.41, 5.74) is 2.80. The summed E-state index contributed by atoms with van der Waals surface area (Å²) >= 11 is 0. The maximum Gasteiger partial charge on any atom is 0.165 e. The average molecular weight is 312 g/mol. The fourth-order valence-corrected chi connectivity index (χ4v) is 3.14. The fourth-order valence-electron chi connectivity index (χ4n) is 3.14. The molecule has 0 aliphatic heterocycles. The highest BCUT2D eigenvalue weighted by molar-refractivity contribution is 5.76. The monoisotopic (exact) mass is 312 g/mol. The van der Waals surface area contributed by atoms with Gasteiger partial charge in [-0.25, -0.2) is 9.50 Å². The van der Waals surface area contributed by atoms with Gasteiger partial charge in [-0.1, -0.05) is 0 Å². The third-order valence-corrected chi connectivity index (χ3v) is 4.43. The quantitative estimate of drug-likeness (QED) is 0.771. The smallest absolute Gasteiger partial charge is 0.165 e. The number of fused-ring (bicyclic) bond motifs is 1. The Hall–Kier alpha value is -2.41. The van der Waals surface area contributed by atoms with Gasteiger partial charge in [0.1, 0.15) is 5.82 Å². The summed E-state index contributed by atoms with van der Waals surface area (Å²) in [5.74, 6) is 0.851. The second kappa shape index (κ2) is 5.66. The minimum Gasteiger partial charge on any atom is -0.393 e. The third-order valence-electron chi connectivity index (χ3n) is 4.43. The number of aromatic nitrogens is 5. The van der Waals surface area contributed by atoms with Crippen LogP contribution in [0.15, 0.2) is 30.9 Å². The van der Waals surface area contributed by atoms with Crippen LogP contribution in [0.25, 0.3) is 16.8 Å². The summed E-state index contributed by atoms with van der Waals surface area (Å²) < 4.78 is 3.55. The number of hydrogen-bond acceptors (Lipinski definition) is 5. The van der Waals surface area contributed by atoms with E-state index >= 15 is 0 Å². The molecule has 2 N–H and O–H groups in total. The second-order valence-corrected chi connectivity index (χ2v) is 6.19. The van der Waals surface area contributed by atoms with Crippen LogP contribution in [-0.4, -0.2) is 41.6 Å². The van der Waals surface area contributed by atoms with E-state index in [1.54, 1.807) is 9.20 Å². The first-order chi connectivity index (χ1) is 11.2. The molecule has 0 aromatic carbocycles. The molecule has 0 amide bonds. The van der Waals surface area contributed by atoms with Crippen LogP contribution in [0, 0.1) is 0 Å². The molecule has 0 atom stereocenters. The maximum absolute atomic E-state index is 9.61. The SMILES string of the molecule is Cn1cc(-c2cnn3ccc(NC4CCC(O)CC4)nc23)cn1. The molecule has 0 saturated heterocycles. The Morgan fingerprint density at radius 2 is 2.00 bits per heavy atom. The van der Waals surface area contributed by atoms with Crippen molar-refractivity contribution in [1.82, 2.24) is 24.4 Å². The summed E-state index contributed by atoms with van der Waals surface area (Å²) in [6.45, 7) is 0. The van der Waals surface area contributed by atoms with E-state index in [1.165, 1.54) is 0 Å². The molecular formula is C16H20N6O. The number of rotatable bonds is 3. The topological polar surface area (TPSA) is 80.3 Å². The molecule has 4 rings (SSSR count). The molecule has 1 saturated carbocycles. The molecule has 1 fully saturated rings. The molecule has 3 aromatic rings. The first kappa shape index (κ1) is 14.2. The number of hydrogen-bond donors (Lipinski definition) is 2. The molecule has 120 valence electrons. The maximum atomic E-state index is 9.61. The van der Waals surface area contributed by atoms with E-state index in [4.69, 9.17) is 4.98 Å². The van der Waals surface area contributed by atoms with Crippen LogP contribution < -0.4 is 5.32 Å². The first-order valence-corrected chi connectivity index (χ1v) is 7.97. The lowest BCUT2D eigenvalue weighted by atomic mass is 9.93. The van der Waals surface area contributed by atoms with Gasteiger partial charge in [0.15, 0.2) is 5.65 Å². The molecule has 0 unspecified atom stereocenters. The highest BCUT2D eigenvalue weighted by atomic mass is 16.3. The van der Waals surface area contributed by atoms with E-state index in [0.717, 1.165) is 48.3 Å². The van der Waals surface area contributed by atoms with E-state index in [-0.39, 0.29) is 6.10 Å². The molecule has 7 heteroatoms. The zero-order chi connectivity index (χ0) is 15.8. The number of nitrogens with zero attached hydrogens (tertiary/aromatic N) is 5. The van der Waals surface area contributed by atoms with Crippen LogP contribution >= 0.6 is 0 Å². The number of nitrogens with one attached hydrogen (secondary N) is 1. The van der Waals surface area contributed by atoms with Gasteiger partial charge in [0.25, 0.3) is 0 Å². The van der Waals surface area contributed by atoms with Crippen LogP contribution in [-0.2, 0) is 7.05 Å². The number of aliphatic hydroxyl groups excluding tert-OH is 1. The van der Waals surface area contributed by atoms with Crippen LogP contribution in [0.3, 0.4) is 0 Å². The Morgan fingerprint density at radius 1 is 1.17 bits per heavy atom. The Bertz CT molecular complexity index is 815. The molecule has 1 aliphatic rings.